The van der Waals surface area contributed by atoms with Gasteiger partial charge in [-0.3, -0.25) is 14.5 Å². The van der Waals surface area contributed by atoms with E-state index in [9.17, 15) is 14.7 Å². The molecule has 1 aliphatic heterocycles. The molecule has 5 heteroatoms. The van der Waals surface area contributed by atoms with Crippen molar-refractivity contribution < 1.29 is 19.4 Å². The van der Waals surface area contributed by atoms with Crippen LogP contribution in [0, 0.1) is 0 Å². The summed E-state index contributed by atoms with van der Waals surface area (Å²) in [6.07, 6.45) is -1.20. The van der Waals surface area contributed by atoms with Gasteiger partial charge in [0.2, 0.25) is 5.91 Å². The molecule has 1 heterocycles. The molecule has 2 atom stereocenters. The molecule has 2 rings (SSSR count). The number of anilines is 1. The number of nitrogens with zero attached hydrogens (tertiary/aromatic N) is 1. The molecule has 0 aliphatic carbocycles. The number of carbonyl (C=O) groups is 2. The molecule has 0 spiro atoms. The average Bonchev–Trinajstić information content (AvgIpc) is 2.60. The maximum atomic E-state index is 11.6. The van der Waals surface area contributed by atoms with Gasteiger partial charge in [-0.2, -0.15) is 0 Å². The summed E-state index contributed by atoms with van der Waals surface area (Å²) < 4.78 is 4.65. The number of para-hydroxylation sites is 1. The Morgan fingerprint density at radius 2 is 2.00 bits per heavy atom. The molecule has 17 heavy (non-hydrogen) atoms. The van der Waals surface area contributed by atoms with E-state index in [2.05, 4.69) is 4.74 Å². The number of hydrogen-bond acceptors (Lipinski definition) is 4. The number of benzene rings is 1. The van der Waals surface area contributed by atoms with Gasteiger partial charge in [0.05, 0.1) is 12.8 Å². The van der Waals surface area contributed by atoms with Crippen molar-refractivity contribution in [3.8, 4) is 0 Å². The molecular formula is C12H13NO4. The lowest BCUT2D eigenvalue weighted by Crippen LogP contribution is -2.39. The fraction of sp³-hybridized carbons (Fsp3) is 0.333. The maximum absolute atomic E-state index is 11.6. The van der Waals surface area contributed by atoms with Gasteiger partial charge >= 0.3 is 5.97 Å². The highest BCUT2D eigenvalue weighted by Gasteiger charge is 2.43. The van der Waals surface area contributed by atoms with Crippen LogP contribution in [0.1, 0.15) is 18.4 Å². The molecule has 2 unspecified atom stereocenters. The molecule has 90 valence electrons. The summed E-state index contributed by atoms with van der Waals surface area (Å²) in [4.78, 5) is 24.3. The Kier molecular flexibility index (Phi) is 2.85. The third-order valence-electron chi connectivity index (χ3n) is 2.89. The molecule has 0 bridgehead atoms. The lowest BCUT2D eigenvalue weighted by molar-refractivity contribution is -0.145. The van der Waals surface area contributed by atoms with Crippen molar-refractivity contribution >= 4 is 17.6 Å². The number of methoxy groups -OCH3 is 1. The molecule has 1 N–H and O–H groups in total. The van der Waals surface area contributed by atoms with Gasteiger partial charge in [0.1, 0.15) is 5.92 Å². The second-order valence-corrected chi connectivity index (χ2v) is 3.86. The summed E-state index contributed by atoms with van der Waals surface area (Å²) in [6.45, 7) is 1.35. The number of rotatable bonds is 1. The highest BCUT2D eigenvalue weighted by Crippen LogP contribution is 2.40. The van der Waals surface area contributed by atoms with E-state index in [-0.39, 0.29) is 5.91 Å². The standard InChI is InChI=1S/C12H13NO4/c1-7(14)13-9-6-4-3-5-8(9)10(11(13)15)12(16)17-2/h3-6,10-11,15H,1-2H3. The van der Waals surface area contributed by atoms with Gasteiger partial charge in [-0.15, -0.1) is 0 Å². The molecule has 1 aromatic rings. The Bertz CT molecular complexity index is 471. The van der Waals surface area contributed by atoms with Gasteiger partial charge in [0.25, 0.3) is 0 Å². The zero-order chi connectivity index (χ0) is 12.6. The number of fused-ring (bicyclic) bond motifs is 1. The predicted molar refractivity (Wildman–Crippen MR) is 60.4 cm³/mol. The summed E-state index contributed by atoms with van der Waals surface area (Å²) in [5.41, 5.74) is 1.17. The summed E-state index contributed by atoms with van der Waals surface area (Å²) in [5.74, 6) is -1.69. The van der Waals surface area contributed by atoms with Crippen LogP contribution in [0.3, 0.4) is 0 Å². The Morgan fingerprint density at radius 1 is 1.35 bits per heavy atom. The first-order valence-electron chi connectivity index (χ1n) is 5.22. The monoisotopic (exact) mass is 235 g/mol. The van der Waals surface area contributed by atoms with Crippen molar-refractivity contribution in [3.05, 3.63) is 29.8 Å². The molecule has 0 radical (unpaired) electrons. The quantitative estimate of drug-likeness (QED) is 0.725. The van der Waals surface area contributed by atoms with Gasteiger partial charge in [-0.05, 0) is 11.6 Å². The van der Waals surface area contributed by atoms with Crippen LogP contribution in [-0.4, -0.2) is 30.3 Å². The topological polar surface area (TPSA) is 66.8 Å². The number of hydrogen-bond donors (Lipinski definition) is 1. The van der Waals surface area contributed by atoms with Crippen molar-refractivity contribution in [2.45, 2.75) is 19.1 Å². The van der Waals surface area contributed by atoms with Crippen LogP contribution < -0.4 is 4.90 Å². The zero-order valence-corrected chi connectivity index (χ0v) is 9.58. The van der Waals surface area contributed by atoms with Gasteiger partial charge in [0.15, 0.2) is 6.23 Å². The Balaban J connectivity index is 2.52. The molecule has 0 aromatic heterocycles. The van der Waals surface area contributed by atoms with E-state index in [1.165, 1.54) is 18.9 Å². The summed E-state index contributed by atoms with van der Waals surface area (Å²) >= 11 is 0. The Labute approximate surface area is 98.6 Å². The lowest BCUT2D eigenvalue weighted by atomic mass is 10.0. The number of esters is 1. The Morgan fingerprint density at radius 3 is 2.59 bits per heavy atom. The van der Waals surface area contributed by atoms with Crippen molar-refractivity contribution in [1.29, 1.82) is 0 Å². The SMILES string of the molecule is COC(=O)C1c2ccccc2N(C(C)=O)C1O. The summed E-state index contributed by atoms with van der Waals surface area (Å²) in [6, 6.07) is 6.91. The molecule has 5 nitrogen and oxygen atoms in total. The smallest absolute Gasteiger partial charge is 0.317 e. The van der Waals surface area contributed by atoms with E-state index in [1.807, 2.05) is 0 Å². The van der Waals surface area contributed by atoms with E-state index in [4.69, 9.17) is 0 Å². The van der Waals surface area contributed by atoms with Gasteiger partial charge in [0, 0.05) is 6.92 Å². The minimum absolute atomic E-state index is 0.309. The first-order valence-corrected chi connectivity index (χ1v) is 5.22. The van der Waals surface area contributed by atoms with Crippen LogP contribution in [0.25, 0.3) is 0 Å². The first-order chi connectivity index (χ1) is 8.07. The number of aliphatic hydroxyl groups excluding tert-OH is 1. The number of ether oxygens (including phenoxy) is 1. The molecule has 1 amide bonds. The summed E-state index contributed by atoms with van der Waals surface area (Å²) in [5, 5.41) is 10.0. The maximum Gasteiger partial charge on any atom is 0.317 e. The first kappa shape index (κ1) is 11.6. The summed E-state index contributed by atoms with van der Waals surface area (Å²) in [7, 11) is 1.26. The second-order valence-electron chi connectivity index (χ2n) is 3.86. The van der Waals surface area contributed by atoms with Gasteiger partial charge in [-0.1, -0.05) is 18.2 Å². The predicted octanol–water partition coefficient (Wildman–Crippen LogP) is 0.628. The van der Waals surface area contributed by atoms with E-state index in [1.54, 1.807) is 24.3 Å². The van der Waals surface area contributed by atoms with Crippen molar-refractivity contribution in [2.75, 3.05) is 12.0 Å². The van der Waals surface area contributed by atoms with Crippen LogP contribution in [0.15, 0.2) is 24.3 Å². The number of carbonyl (C=O) groups excluding carboxylic acids is 2. The average molecular weight is 235 g/mol. The highest BCUT2D eigenvalue weighted by atomic mass is 16.5. The molecule has 0 saturated carbocycles. The van der Waals surface area contributed by atoms with E-state index >= 15 is 0 Å². The molecule has 1 aromatic carbocycles. The third-order valence-corrected chi connectivity index (χ3v) is 2.89. The van der Waals surface area contributed by atoms with Crippen LogP contribution in [0.2, 0.25) is 0 Å². The molecule has 1 aliphatic rings. The van der Waals surface area contributed by atoms with Crippen molar-refractivity contribution in [1.82, 2.24) is 0 Å². The van der Waals surface area contributed by atoms with Gasteiger partial charge < -0.3 is 9.84 Å². The number of amides is 1. The van der Waals surface area contributed by atoms with E-state index < -0.39 is 18.1 Å². The van der Waals surface area contributed by atoms with Crippen molar-refractivity contribution in [2.24, 2.45) is 0 Å². The Hall–Kier alpha value is -1.88. The van der Waals surface area contributed by atoms with Crippen molar-refractivity contribution in [3.63, 3.8) is 0 Å². The van der Waals surface area contributed by atoms with E-state index in [0.29, 0.717) is 11.3 Å². The zero-order valence-electron chi connectivity index (χ0n) is 9.58. The molecular weight excluding hydrogens is 222 g/mol. The molecule has 0 fully saturated rings. The number of aliphatic hydroxyl groups is 1. The van der Waals surface area contributed by atoms with Crippen LogP contribution in [0.4, 0.5) is 5.69 Å². The minimum Gasteiger partial charge on any atom is -0.468 e. The minimum atomic E-state index is -1.20. The largest absolute Gasteiger partial charge is 0.468 e. The van der Waals surface area contributed by atoms with E-state index in [0.717, 1.165) is 0 Å². The third kappa shape index (κ3) is 1.68. The fourth-order valence-electron chi connectivity index (χ4n) is 2.15. The fourth-order valence-corrected chi connectivity index (χ4v) is 2.15. The lowest BCUT2D eigenvalue weighted by Gasteiger charge is -2.21. The van der Waals surface area contributed by atoms with Crippen LogP contribution >= 0.6 is 0 Å². The van der Waals surface area contributed by atoms with Gasteiger partial charge in [-0.25, -0.2) is 0 Å². The van der Waals surface area contributed by atoms with Crippen LogP contribution in [0.5, 0.6) is 0 Å². The molecule has 0 saturated heterocycles. The van der Waals surface area contributed by atoms with Crippen LogP contribution in [-0.2, 0) is 14.3 Å². The highest BCUT2D eigenvalue weighted by molar-refractivity contribution is 5.98. The second kappa shape index (κ2) is 4.18. The normalized spacial score (nSPS) is 22.2.